The Morgan fingerprint density at radius 2 is 0.980 bits per heavy atom. The van der Waals surface area contributed by atoms with E-state index in [9.17, 15) is 0 Å². The molecule has 219 valence electrons. The van der Waals surface area contributed by atoms with Crippen LogP contribution in [0.1, 0.15) is 0 Å². The van der Waals surface area contributed by atoms with Crippen LogP contribution in [0.3, 0.4) is 0 Å². The van der Waals surface area contributed by atoms with Crippen LogP contribution in [0, 0.1) is 0 Å². The van der Waals surface area contributed by atoms with Gasteiger partial charge in [0, 0.05) is 39.3 Å². The van der Waals surface area contributed by atoms with Gasteiger partial charge in [-0.25, -0.2) is 9.97 Å². The summed E-state index contributed by atoms with van der Waals surface area (Å²) in [5.41, 5.74) is 4.67. The zero-order chi connectivity index (χ0) is 29.7. The number of hydrogen-bond donors (Lipinski definition) is 0. The van der Waals surface area contributed by atoms with Crippen molar-refractivity contribution in [2.45, 2.75) is 19.6 Å². The van der Waals surface area contributed by atoms with E-state index in [0.29, 0.717) is 76.4 Å². The van der Waals surface area contributed by atoms with Gasteiger partial charge >= 0.3 is 135 Å². The molecule has 4 aromatic carbocycles. The molecule has 49 heavy (non-hydrogen) atoms. The molecule has 0 saturated carbocycles. The van der Waals surface area contributed by atoms with Crippen LogP contribution in [-0.4, -0.2) is 29.9 Å². The Kier molecular flexibility index (Phi) is 13.8. The van der Waals surface area contributed by atoms with Gasteiger partial charge in [-0.1, -0.05) is 72.8 Å². The molecule has 5 heterocycles. The molecule has 0 fully saturated rings. The van der Waals surface area contributed by atoms with Crippen molar-refractivity contribution in [1.29, 1.82) is 0 Å². The quantitative estimate of drug-likeness (QED) is 0.108. The molecule has 7 aromatic rings. The van der Waals surface area contributed by atoms with Gasteiger partial charge in [-0.3, -0.25) is 0 Å². The summed E-state index contributed by atoms with van der Waals surface area (Å²) in [5.74, 6) is 1.70. The molecule has 3 aromatic heterocycles. The first-order valence-corrected chi connectivity index (χ1v) is 15.0. The summed E-state index contributed by atoms with van der Waals surface area (Å²) in [6.07, 6.45) is 0. The zero-order valence-corrected chi connectivity index (χ0v) is 38.6. The first-order valence-electron chi connectivity index (χ1n) is 13.4. The van der Waals surface area contributed by atoms with Crippen molar-refractivity contribution in [2.75, 3.05) is 0 Å². The zero-order valence-electron chi connectivity index (χ0n) is 26.4. The van der Waals surface area contributed by atoms with Gasteiger partial charge in [-0.2, -0.15) is 19.6 Å². The molecule has 0 amide bonds. The van der Waals surface area contributed by atoms with E-state index >= 15 is 0 Å². The first-order chi connectivity index (χ1) is 21.4. The van der Waals surface area contributed by atoms with Crippen LogP contribution in [-0.2, 0) is 67.6 Å². The van der Waals surface area contributed by atoms with Gasteiger partial charge in [-0.05, 0) is 27.1 Å². The van der Waals surface area contributed by atoms with Crippen LogP contribution in [0.2, 0.25) is 0 Å². The average Bonchev–Trinajstić information content (AvgIpc) is 3.73. The van der Waals surface area contributed by atoms with E-state index in [4.69, 9.17) is 90.4 Å². The van der Waals surface area contributed by atoms with Crippen molar-refractivity contribution < 1.29 is 135 Å². The van der Waals surface area contributed by atoms with E-state index in [1.165, 1.54) is 0 Å². The maximum Gasteiger partial charge on any atom is 2.00 e. The molecule has 0 atom stereocenters. The van der Waals surface area contributed by atoms with Gasteiger partial charge in [-0.15, -0.1) is 0 Å². The fraction of sp³-hybridized carbons (Fsp3) is 0. The van der Waals surface area contributed by atoms with Crippen LogP contribution in [0.5, 0.6) is 0 Å². The maximum atomic E-state index is 5.74. The summed E-state index contributed by atoms with van der Waals surface area (Å²) >= 11 is 22.5. The van der Waals surface area contributed by atoms with Crippen molar-refractivity contribution in [3.8, 4) is 45.6 Å². The minimum atomic E-state index is 0. The monoisotopic (exact) mass is 791 g/mol. The van der Waals surface area contributed by atoms with Gasteiger partial charge in [0.05, 0.1) is 23.3 Å². The average molecular weight is 792 g/mol. The Morgan fingerprint density at radius 3 is 1.78 bits per heavy atom. The summed E-state index contributed by atoms with van der Waals surface area (Å²) in [6, 6.07) is 22.5. The van der Waals surface area contributed by atoms with Crippen LogP contribution in [0.15, 0.2) is 92.4 Å². The van der Waals surface area contributed by atoms with E-state index in [2.05, 4.69) is 0 Å². The Balaban J connectivity index is 0.00000108. The number of hydrogen-bond acceptors (Lipinski definition) is 10. The summed E-state index contributed by atoms with van der Waals surface area (Å²) < 4.78 is 0. The van der Waals surface area contributed by atoms with Crippen LogP contribution < -0.4 is 128 Å². The summed E-state index contributed by atoms with van der Waals surface area (Å²) in [7, 11) is 0. The van der Waals surface area contributed by atoms with Crippen LogP contribution in [0.4, 0.5) is 0 Å². The number of nitrogens with zero attached hydrogens (tertiary/aromatic N) is 8. The summed E-state index contributed by atoms with van der Waals surface area (Å²) in [5, 5.41) is 2.98. The molecule has 2 aliphatic rings. The minimum Gasteiger partial charge on any atom is -0.780 e. The third kappa shape index (κ3) is 7.17. The first kappa shape index (κ1) is 41.4. The Bertz CT molecular complexity index is 2600. The molecule has 17 heteroatoms. The van der Waals surface area contributed by atoms with Crippen LogP contribution in [0.25, 0.3) is 89.7 Å². The van der Waals surface area contributed by atoms with E-state index in [1.807, 2.05) is 72.8 Å². The van der Waals surface area contributed by atoms with E-state index in [0.717, 1.165) is 32.8 Å². The Labute approximate surface area is 401 Å². The second-order valence-corrected chi connectivity index (χ2v) is 12.1. The predicted octanol–water partition coefficient (Wildman–Crippen LogP) is -6.24. The standard InChI is InChI=1S/C32H16N8S4.Cu.4Na/c41-13-7-9-15-19(11-13)29-33-25(15)37-31-23-17(3-1-5-21(23)43)27(39-31)35-28-18-4-2-6-22(44)24(18)32(40-28)38-26-16-10-8-14(42)12-20(16)30(34-26)36-29;;;;;/h1-12H,(H4-2,33,34,35,36,37,38,39,40,41,42,43,44);;;;;/q-2;+2;4*+1/p-4. The predicted molar refractivity (Wildman–Crippen MR) is 177 cm³/mol. The number of benzene rings is 4. The molecule has 8 nitrogen and oxygen atoms in total. The van der Waals surface area contributed by atoms with Gasteiger partial charge in [0.25, 0.3) is 0 Å². The molecule has 2 aliphatic heterocycles. The smallest absolute Gasteiger partial charge is 0.780 e. The molecule has 0 spiro atoms. The number of rotatable bonds is 0. The van der Waals surface area contributed by atoms with E-state index in [1.54, 1.807) is 0 Å². The second kappa shape index (κ2) is 16.3. The fourth-order valence-corrected chi connectivity index (χ4v) is 6.58. The van der Waals surface area contributed by atoms with Crippen molar-refractivity contribution in [3.05, 3.63) is 72.8 Å². The largest absolute Gasteiger partial charge is 2.00 e. The van der Waals surface area contributed by atoms with E-state index < -0.39 is 0 Å². The fourth-order valence-electron chi connectivity index (χ4n) is 5.65. The normalized spacial score (nSPS) is 10.8. The van der Waals surface area contributed by atoms with Crippen molar-refractivity contribution >= 4 is 94.6 Å². The Hall–Kier alpha value is -0.361. The van der Waals surface area contributed by atoms with Crippen molar-refractivity contribution in [1.82, 2.24) is 39.9 Å². The van der Waals surface area contributed by atoms with Gasteiger partial charge in [0.2, 0.25) is 0 Å². The molecule has 0 unspecified atom stereocenters. The van der Waals surface area contributed by atoms with Crippen LogP contribution >= 0.6 is 0 Å². The number of fused-ring (bicyclic) bond motifs is 20. The molecule has 8 bridgehead atoms. The van der Waals surface area contributed by atoms with Crippen molar-refractivity contribution in [2.24, 2.45) is 0 Å². The number of aromatic nitrogens is 8. The molecular formula is C32H12CuN8Na4S4. The second-order valence-electron chi connectivity index (χ2n) is 10.3. The third-order valence-electron chi connectivity index (χ3n) is 7.62. The van der Waals surface area contributed by atoms with Gasteiger partial charge in [0.1, 0.15) is 0 Å². The topological polar surface area (TPSA) is 106 Å². The molecule has 0 N–H and O–H groups in total. The molecular weight excluding hydrogens is 780 g/mol. The minimum absolute atomic E-state index is 0. The molecule has 1 radical (unpaired) electrons. The van der Waals surface area contributed by atoms with Crippen molar-refractivity contribution in [3.63, 3.8) is 0 Å². The molecule has 9 rings (SSSR count). The molecule has 0 saturated heterocycles. The third-order valence-corrected chi connectivity index (χ3v) is 8.81. The Morgan fingerprint density at radius 1 is 0.429 bits per heavy atom. The van der Waals surface area contributed by atoms with Gasteiger partial charge in [0.15, 0.2) is 0 Å². The summed E-state index contributed by atoms with van der Waals surface area (Å²) in [4.78, 5) is 41.7. The molecule has 0 aliphatic carbocycles. The van der Waals surface area contributed by atoms with E-state index in [-0.39, 0.29) is 135 Å². The summed E-state index contributed by atoms with van der Waals surface area (Å²) in [6.45, 7) is 0. The SMILES string of the molecule is [Cu+2].[Na+].[Na+].[Na+].[Na+].[S-]c1ccc2c(c1)-c1nc-2nc2[n-]c(nc3nc(nc4[n-]c(n1)c1cc([S-])ccc41)-c1c([S-])cccc1-3)c1cccc([S-])c21. The van der Waals surface area contributed by atoms with Gasteiger partial charge < -0.3 is 80.4 Å². The maximum absolute atomic E-state index is 5.74.